The SMILES string of the molecule is O=C([O-])C(=O)[O-].O=C([O-])[C@H](O)[C@@H](O)[C@H](O)[C@H](O)CO.[K+].[K+].[K+]. The maximum absolute atomic E-state index is 9.98. The largest absolute Gasteiger partial charge is 1.00 e. The van der Waals surface area contributed by atoms with Crippen LogP contribution in [0.3, 0.4) is 0 Å². The van der Waals surface area contributed by atoms with E-state index < -0.39 is 48.9 Å². The van der Waals surface area contributed by atoms with Crippen molar-refractivity contribution in [1.29, 1.82) is 0 Å². The summed E-state index contributed by atoms with van der Waals surface area (Å²) in [6.07, 6.45) is -8.08. The summed E-state index contributed by atoms with van der Waals surface area (Å²) in [5, 5.41) is 71.3. The van der Waals surface area contributed by atoms with Crippen LogP contribution in [0.4, 0.5) is 0 Å². The molecular weight excluding hydrogens is 389 g/mol. The average molecular weight is 400 g/mol. The Morgan fingerprint density at radius 1 is 0.773 bits per heavy atom. The molecule has 0 fully saturated rings. The summed E-state index contributed by atoms with van der Waals surface area (Å²) in [5.74, 6) is -6.35. The van der Waals surface area contributed by atoms with Gasteiger partial charge in [-0.2, -0.15) is 0 Å². The van der Waals surface area contributed by atoms with Crippen LogP contribution in [-0.4, -0.2) is 74.5 Å². The molecule has 0 aromatic carbocycles. The number of hydrogen-bond acceptors (Lipinski definition) is 11. The zero-order valence-electron chi connectivity index (χ0n) is 12.2. The van der Waals surface area contributed by atoms with Crippen molar-refractivity contribution in [2.24, 2.45) is 0 Å². The minimum Gasteiger partial charge on any atom is -0.547 e. The van der Waals surface area contributed by atoms with Crippen molar-refractivity contribution in [2.75, 3.05) is 6.61 Å². The maximum atomic E-state index is 9.98. The number of aliphatic hydroxyl groups is 5. The van der Waals surface area contributed by atoms with Crippen molar-refractivity contribution in [1.82, 2.24) is 0 Å². The number of rotatable bonds is 5. The molecule has 5 N–H and O–H groups in total. The summed E-state index contributed by atoms with van der Waals surface area (Å²) in [7, 11) is 0. The Labute approximate surface area is 252 Å². The van der Waals surface area contributed by atoms with Crippen molar-refractivity contribution < 1.29 is 209 Å². The Balaban J connectivity index is -0.0000000933. The summed E-state index contributed by atoms with van der Waals surface area (Å²) in [6, 6.07) is 0. The average Bonchev–Trinajstić information content (AvgIpc) is 2.35. The molecule has 14 heteroatoms. The van der Waals surface area contributed by atoms with Gasteiger partial charge in [-0.05, 0) is 0 Å². The molecule has 0 unspecified atom stereocenters. The van der Waals surface area contributed by atoms with Crippen LogP contribution in [0.2, 0.25) is 0 Å². The van der Waals surface area contributed by atoms with Crippen LogP contribution in [-0.2, 0) is 14.4 Å². The standard InChI is InChI=1S/C6H12O7.C2H2O4.3K/c7-1-2(8)3(9)4(10)5(11)6(12)13;3-1(4)2(5)6;;;/h2-5,7-11H,1H2,(H,12,13);(H,3,4)(H,5,6);;;/q;;3*+1/p-3/t2-,3-,4+,5-;;;;/m1..../s1. The van der Waals surface area contributed by atoms with Gasteiger partial charge in [0.15, 0.2) is 0 Å². The molecule has 0 spiro atoms. The summed E-state index contributed by atoms with van der Waals surface area (Å²) in [4.78, 5) is 27.8. The van der Waals surface area contributed by atoms with Crippen LogP contribution in [0.25, 0.3) is 0 Å². The van der Waals surface area contributed by atoms with E-state index in [1.807, 2.05) is 0 Å². The molecule has 0 saturated carbocycles. The fourth-order valence-corrected chi connectivity index (χ4v) is 0.662. The number of aliphatic carboxylic acids is 3. The van der Waals surface area contributed by atoms with E-state index in [1.54, 1.807) is 0 Å². The molecule has 112 valence electrons. The predicted molar refractivity (Wildman–Crippen MR) is 46.1 cm³/mol. The second-order valence-corrected chi connectivity index (χ2v) is 3.07. The van der Waals surface area contributed by atoms with Gasteiger partial charge < -0.3 is 55.2 Å². The molecule has 0 aliphatic rings. The van der Waals surface area contributed by atoms with Crippen LogP contribution in [0, 0.1) is 0 Å². The van der Waals surface area contributed by atoms with E-state index in [4.69, 9.17) is 45.3 Å². The van der Waals surface area contributed by atoms with E-state index in [0.717, 1.165) is 0 Å². The Kier molecular flexibility index (Phi) is 33.5. The van der Waals surface area contributed by atoms with Gasteiger partial charge >= 0.3 is 154 Å². The van der Waals surface area contributed by atoms with E-state index in [1.165, 1.54) is 0 Å². The number of aliphatic hydroxyl groups excluding tert-OH is 5. The second-order valence-electron chi connectivity index (χ2n) is 3.07. The maximum Gasteiger partial charge on any atom is 1.00 e. The normalized spacial score (nSPS) is 14.0. The molecule has 0 bridgehead atoms. The van der Waals surface area contributed by atoms with Crippen LogP contribution >= 0.6 is 0 Å². The smallest absolute Gasteiger partial charge is 0.547 e. The van der Waals surface area contributed by atoms with E-state index in [2.05, 4.69) is 0 Å². The van der Waals surface area contributed by atoms with Gasteiger partial charge in [0.2, 0.25) is 0 Å². The van der Waals surface area contributed by atoms with Crippen molar-refractivity contribution in [3.05, 3.63) is 0 Å². The van der Waals surface area contributed by atoms with Gasteiger partial charge in [-0.15, -0.1) is 0 Å². The minimum absolute atomic E-state index is 0. The van der Waals surface area contributed by atoms with Crippen molar-refractivity contribution in [3.63, 3.8) is 0 Å². The van der Waals surface area contributed by atoms with Crippen LogP contribution in [0.5, 0.6) is 0 Å². The topological polar surface area (TPSA) is 222 Å². The predicted octanol–water partition coefficient (Wildman–Crippen LogP) is -17.3. The fraction of sp³-hybridized carbons (Fsp3) is 0.625. The third-order valence-corrected chi connectivity index (χ3v) is 1.66. The molecule has 4 atom stereocenters. The van der Waals surface area contributed by atoms with Gasteiger partial charge in [0, 0.05) is 0 Å². The van der Waals surface area contributed by atoms with Gasteiger partial charge in [0.05, 0.1) is 24.5 Å². The third kappa shape index (κ3) is 17.9. The van der Waals surface area contributed by atoms with Crippen molar-refractivity contribution in [2.45, 2.75) is 24.4 Å². The molecule has 22 heavy (non-hydrogen) atoms. The van der Waals surface area contributed by atoms with E-state index in [9.17, 15) is 9.90 Å². The summed E-state index contributed by atoms with van der Waals surface area (Å²) >= 11 is 0. The van der Waals surface area contributed by atoms with Crippen LogP contribution < -0.4 is 169 Å². The van der Waals surface area contributed by atoms with Crippen molar-refractivity contribution in [3.8, 4) is 0 Å². The third-order valence-electron chi connectivity index (χ3n) is 1.66. The zero-order valence-corrected chi connectivity index (χ0v) is 21.6. The Bertz CT molecular complexity index is 314. The molecule has 0 aliphatic heterocycles. The molecule has 0 amide bonds. The van der Waals surface area contributed by atoms with E-state index in [0.29, 0.717) is 0 Å². The number of carboxylic acids is 3. The number of carbonyl (C=O) groups is 3. The van der Waals surface area contributed by atoms with Gasteiger partial charge in [0.25, 0.3) is 0 Å². The molecule has 0 aliphatic carbocycles. The first-order valence-electron chi connectivity index (χ1n) is 4.52. The number of carbonyl (C=O) groups excluding carboxylic acids is 3. The van der Waals surface area contributed by atoms with Crippen LogP contribution in [0.15, 0.2) is 0 Å². The Morgan fingerprint density at radius 3 is 1.27 bits per heavy atom. The van der Waals surface area contributed by atoms with Gasteiger partial charge in [-0.25, -0.2) is 0 Å². The Morgan fingerprint density at radius 2 is 1.09 bits per heavy atom. The molecule has 0 aromatic heterocycles. The van der Waals surface area contributed by atoms with E-state index in [-0.39, 0.29) is 154 Å². The first kappa shape index (κ1) is 36.1. The zero-order chi connectivity index (χ0) is 15.7. The fourth-order valence-electron chi connectivity index (χ4n) is 0.662. The van der Waals surface area contributed by atoms with Crippen molar-refractivity contribution >= 4 is 17.9 Å². The van der Waals surface area contributed by atoms with Crippen LogP contribution in [0.1, 0.15) is 0 Å². The molecular formula is C8H11K3O11. The monoisotopic (exact) mass is 400 g/mol. The van der Waals surface area contributed by atoms with Gasteiger partial charge in [0.1, 0.15) is 24.4 Å². The summed E-state index contributed by atoms with van der Waals surface area (Å²) < 4.78 is 0. The summed E-state index contributed by atoms with van der Waals surface area (Å²) in [5.41, 5.74) is 0. The van der Waals surface area contributed by atoms with Gasteiger partial charge in [-0.1, -0.05) is 0 Å². The molecule has 0 heterocycles. The van der Waals surface area contributed by atoms with Gasteiger partial charge in [-0.3, -0.25) is 0 Å². The molecule has 11 nitrogen and oxygen atoms in total. The number of hydrogen-bond donors (Lipinski definition) is 5. The molecule has 0 aromatic rings. The second kappa shape index (κ2) is 20.4. The quantitative estimate of drug-likeness (QED) is 0.215. The summed E-state index contributed by atoms with van der Waals surface area (Å²) in [6.45, 7) is -0.863. The first-order chi connectivity index (χ1) is 8.56. The minimum atomic E-state index is -2.31. The van der Waals surface area contributed by atoms with E-state index >= 15 is 0 Å². The first-order valence-corrected chi connectivity index (χ1v) is 4.52. The molecule has 0 radical (unpaired) electrons. The molecule has 0 rings (SSSR count). The number of carboxylic acid groups (broad SMARTS) is 3. The Hall–Kier alpha value is 3.12. The molecule has 0 saturated heterocycles.